The van der Waals surface area contributed by atoms with E-state index < -0.39 is 0 Å². The number of ether oxygens (including phenoxy) is 1. The predicted octanol–water partition coefficient (Wildman–Crippen LogP) is 2.26. The van der Waals surface area contributed by atoms with Gasteiger partial charge in [-0.25, -0.2) is 0 Å². The van der Waals surface area contributed by atoms with E-state index in [2.05, 4.69) is 26.2 Å². The predicted molar refractivity (Wildman–Crippen MR) is 65.9 cm³/mol. The normalized spacial score (nSPS) is 11.5. The van der Waals surface area contributed by atoms with E-state index in [1.54, 1.807) is 19.5 Å². The van der Waals surface area contributed by atoms with E-state index in [1.807, 2.05) is 13.8 Å². The van der Waals surface area contributed by atoms with Crippen molar-refractivity contribution in [2.24, 2.45) is 0 Å². The Morgan fingerprint density at radius 2 is 2.20 bits per heavy atom. The second kappa shape index (κ2) is 4.81. The molecule has 0 aliphatic heterocycles. The third-order valence-electron chi connectivity index (χ3n) is 1.90. The molecule has 0 bridgehead atoms. The Morgan fingerprint density at radius 3 is 2.73 bits per heavy atom. The first-order valence-electron chi connectivity index (χ1n) is 4.62. The topological polar surface area (TPSA) is 60.2 Å². The van der Waals surface area contributed by atoms with Gasteiger partial charge in [0.05, 0.1) is 34.2 Å². The molecule has 0 fully saturated rings. The van der Waals surface area contributed by atoms with Crippen LogP contribution in [0.1, 0.15) is 13.8 Å². The van der Waals surface area contributed by atoms with Gasteiger partial charge in [0.25, 0.3) is 0 Å². The number of methoxy groups -OCH3 is 1. The number of aromatic nitrogens is 1. The average Bonchev–Trinajstić information content (AvgIpc) is 2.11. The lowest BCUT2D eigenvalue weighted by Gasteiger charge is -2.27. The number of rotatable bonds is 4. The van der Waals surface area contributed by atoms with Crippen molar-refractivity contribution in [1.29, 1.82) is 0 Å². The lowest BCUT2D eigenvalue weighted by Crippen LogP contribution is -2.36. The molecule has 3 N–H and O–H groups in total. The summed E-state index contributed by atoms with van der Waals surface area (Å²) in [5.74, 6) is 0. The van der Waals surface area contributed by atoms with Crippen molar-refractivity contribution in [2.45, 2.75) is 19.4 Å². The third kappa shape index (κ3) is 3.35. The van der Waals surface area contributed by atoms with Crippen molar-refractivity contribution in [2.75, 3.05) is 24.8 Å². The summed E-state index contributed by atoms with van der Waals surface area (Å²) in [6.07, 6.45) is 3.33. The molecular formula is C10H16BrN3O. The van der Waals surface area contributed by atoms with Crippen LogP contribution in [-0.4, -0.2) is 24.2 Å². The Bertz CT molecular complexity index is 321. The molecule has 4 nitrogen and oxygen atoms in total. The summed E-state index contributed by atoms with van der Waals surface area (Å²) in [4.78, 5) is 3.98. The van der Waals surface area contributed by atoms with Gasteiger partial charge in [-0.15, -0.1) is 0 Å². The second-order valence-electron chi connectivity index (χ2n) is 4.03. The van der Waals surface area contributed by atoms with Gasteiger partial charge >= 0.3 is 0 Å². The molecule has 84 valence electrons. The summed E-state index contributed by atoms with van der Waals surface area (Å²) >= 11 is 3.41. The minimum absolute atomic E-state index is 0.174. The lowest BCUT2D eigenvalue weighted by atomic mass is 10.1. The van der Waals surface area contributed by atoms with Gasteiger partial charge in [-0.3, -0.25) is 4.98 Å². The highest BCUT2D eigenvalue weighted by atomic mass is 79.9. The molecule has 1 heterocycles. The van der Waals surface area contributed by atoms with E-state index in [9.17, 15) is 0 Å². The highest BCUT2D eigenvalue weighted by Gasteiger charge is 2.19. The van der Waals surface area contributed by atoms with Gasteiger partial charge in [0.1, 0.15) is 0 Å². The smallest absolute Gasteiger partial charge is 0.0754 e. The van der Waals surface area contributed by atoms with Gasteiger partial charge in [-0.2, -0.15) is 0 Å². The maximum absolute atomic E-state index is 5.83. The number of hydrogen-bond donors (Lipinski definition) is 2. The maximum atomic E-state index is 5.83. The summed E-state index contributed by atoms with van der Waals surface area (Å²) in [7, 11) is 1.67. The number of nitrogens with two attached hydrogens (primary N) is 1. The molecule has 1 aromatic heterocycles. The summed E-state index contributed by atoms with van der Waals surface area (Å²) in [6, 6.07) is 0. The van der Waals surface area contributed by atoms with Crippen LogP contribution in [0, 0.1) is 0 Å². The fraction of sp³-hybridized carbons (Fsp3) is 0.500. The van der Waals surface area contributed by atoms with E-state index in [0.717, 1.165) is 10.2 Å². The molecule has 0 aromatic carbocycles. The molecule has 0 spiro atoms. The molecule has 0 saturated heterocycles. The number of nitrogen functional groups attached to an aromatic ring is 1. The molecule has 0 unspecified atom stereocenters. The Morgan fingerprint density at radius 1 is 1.53 bits per heavy atom. The minimum Gasteiger partial charge on any atom is -0.396 e. The van der Waals surface area contributed by atoms with Crippen molar-refractivity contribution in [3.63, 3.8) is 0 Å². The molecule has 0 aliphatic carbocycles. The van der Waals surface area contributed by atoms with Crippen LogP contribution in [0.25, 0.3) is 0 Å². The zero-order valence-electron chi connectivity index (χ0n) is 9.17. The first-order chi connectivity index (χ1) is 6.96. The molecule has 0 radical (unpaired) electrons. The van der Waals surface area contributed by atoms with Crippen LogP contribution in [0.2, 0.25) is 0 Å². The number of hydrogen-bond acceptors (Lipinski definition) is 4. The van der Waals surface area contributed by atoms with E-state index in [0.29, 0.717) is 12.3 Å². The van der Waals surface area contributed by atoms with Gasteiger partial charge in [-0.1, -0.05) is 0 Å². The number of pyridine rings is 1. The van der Waals surface area contributed by atoms with Crippen LogP contribution >= 0.6 is 15.9 Å². The molecular weight excluding hydrogens is 258 g/mol. The largest absolute Gasteiger partial charge is 0.396 e. The monoisotopic (exact) mass is 273 g/mol. The average molecular weight is 274 g/mol. The molecule has 1 aromatic rings. The molecule has 5 heteroatoms. The Balaban J connectivity index is 2.89. The number of nitrogens with one attached hydrogen (secondary N) is 1. The highest BCUT2D eigenvalue weighted by Crippen LogP contribution is 2.29. The van der Waals surface area contributed by atoms with Gasteiger partial charge in [0.2, 0.25) is 0 Å². The van der Waals surface area contributed by atoms with Gasteiger partial charge in [0.15, 0.2) is 0 Å². The third-order valence-corrected chi connectivity index (χ3v) is 2.50. The lowest BCUT2D eigenvalue weighted by molar-refractivity contribution is 0.158. The Kier molecular flexibility index (Phi) is 3.93. The summed E-state index contributed by atoms with van der Waals surface area (Å²) < 4.78 is 5.98. The quantitative estimate of drug-likeness (QED) is 0.884. The summed E-state index contributed by atoms with van der Waals surface area (Å²) in [6.45, 7) is 4.69. The molecule has 0 saturated carbocycles. The van der Waals surface area contributed by atoms with Gasteiger partial charge in [-0.05, 0) is 29.8 Å². The number of anilines is 2. The van der Waals surface area contributed by atoms with Crippen LogP contribution in [-0.2, 0) is 4.74 Å². The second-order valence-corrected chi connectivity index (χ2v) is 4.88. The zero-order chi connectivity index (χ0) is 11.5. The zero-order valence-corrected chi connectivity index (χ0v) is 10.8. The number of nitrogens with zero attached hydrogens (tertiary/aromatic N) is 1. The molecule has 15 heavy (non-hydrogen) atoms. The van der Waals surface area contributed by atoms with Crippen molar-refractivity contribution >= 4 is 27.3 Å². The molecule has 1 rings (SSSR count). The standard InChI is InChI=1S/C10H16BrN3O/c1-10(2,6-15-3)14-9-7(11)4-13-5-8(9)12/h4-5H,6,12H2,1-3H3,(H,13,14). The van der Waals surface area contributed by atoms with Crippen LogP contribution in [0.15, 0.2) is 16.9 Å². The van der Waals surface area contributed by atoms with E-state index in [1.165, 1.54) is 0 Å². The van der Waals surface area contributed by atoms with Crippen molar-refractivity contribution in [1.82, 2.24) is 4.98 Å². The van der Waals surface area contributed by atoms with Crippen molar-refractivity contribution in [3.05, 3.63) is 16.9 Å². The first-order valence-corrected chi connectivity index (χ1v) is 5.41. The Hall–Kier alpha value is -0.810. The summed E-state index contributed by atoms with van der Waals surface area (Å²) in [5, 5.41) is 3.32. The van der Waals surface area contributed by atoms with Gasteiger partial charge < -0.3 is 15.8 Å². The van der Waals surface area contributed by atoms with Crippen LogP contribution in [0.3, 0.4) is 0 Å². The van der Waals surface area contributed by atoms with Crippen LogP contribution < -0.4 is 11.1 Å². The molecule has 0 amide bonds. The summed E-state index contributed by atoms with van der Waals surface area (Å²) in [5.41, 5.74) is 7.13. The van der Waals surface area contributed by atoms with Crippen molar-refractivity contribution < 1.29 is 4.74 Å². The Labute approximate surface area is 98.3 Å². The number of halogens is 1. The van der Waals surface area contributed by atoms with Crippen molar-refractivity contribution in [3.8, 4) is 0 Å². The van der Waals surface area contributed by atoms with E-state index >= 15 is 0 Å². The van der Waals surface area contributed by atoms with Crippen LogP contribution in [0.5, 0.6) is 0 Å². The van der Waals surface area contributed by atoms with Gasteiger partial charge in [0, 0.05) is 13.3 Å². The van der Waals surface area contributed by atoms with E-state index in [-0.39, 0.29) is 5.54 Å². The molecule has 0 aliphatic rings. The minimum atomic E-state index is -0.174. The van der Waals surface area contributed by atoms with E-state index in [4.69, 9.17) is 10.5 Å². The fourth-order valence-electron chi connectivity index (χ4n) is 1.32. The fourth-order valence-corrected chi connectivity index (χ4v) is 1.76. The highest BCUT2D eigenvalue weighted by molar-refractivity contribution is 9.10. The molecule has 0 atom stereocenters. The maximum Gasteiger partial charge on any atom is 0.0754 e. The SMILES string of the molecule is COCC(C)(C)Nc1c(N)cncc1Br. The first kappa shape index (κ1) is 12.3. The van der Waals surface area contributed by atoms with Crippen LogP contribution in [0.4, 0.5) is 11.4 Å².